The van der Waals surface area contributed by atoms with E-state index >= 15 is 0 Å². The molecule has 5 nitrogen and oxygen atoms in total. The fourth-order valence-electron chi connectivity index (χ4n) is 2.36. The Balaban J connectivity index is 2.01. The fraction of sp³-hybridized carbons (Fsp3) is 0.500. The highest BCUT2D eigenvalue weighted by Crippen LogP contribution is 2.15. The van der Waals surface area contributed by atoms with Crippen LogP contribution in [0, 0.1) is 13.8 Å². The van der Waals surface area contributed by atoms with E-state index in [9.17, 15) is 0 Å². The van der Waals surface area contributed by atoms with E-state index in [1.165, 1.54) is 24.8 Å². The van der Waals surface area contributed by atoms with Gasteiger partial charge in [-0.3, -0.25) is 0 Å². The van der Waals surface area contributed by atoms with E-state index in [-0.39, 0.29) is 0 Å². The molecule has 0 saturated heterocycles. The average molecular weight is 313 g/mol. The predicted molar refractivity (Wildman–Crippen MR) is 96.3 cm³/mol. The zero-order chi connectivity index (χ0) is 16.7. The van der Waals surface area contributed by atoms with Crippen LogP contribution >= 0.6 is 0 Å². The van der Waals surface area contributed by atoms with Crippen molar-refractivity contribution in [2.24, 2.45) is 0 Å². The van der Waals surface area contributed by atoms with E-state index in [1.54, 1.807) is 0 Å². The monoisotopic (exact) mass is 313 g/mol. The van der Waals surface area contributed by atoms with Crippen molar-refractivity contribution in [1.82, 2.24) is 15.0 Å². The zero-order valence-electron chi connectivity index (χ0n) is 14.6. The fourth-order valence-corrected chi connectivity index (χ4v) is 2.36. The number of anilines is 3. The minimum Gasteiger partial charge on any atom is -0.352 e. The molecule has 0 aliphatic heterocycles. The molecule has 2 rings (SSSR count). The number of benzene rings is 1. The number of hydrogen-bond donors (Lipinski definition) is 2. The largest absolute Gasteiger partial charge is 0.352 e. The van der Waals surface area contributed by atoms with E-state index in [0.717, 1.165) is 12.1 Å². The topological polar surface area (TPSA) is 62.7 Å². The lowest BCUT2D eigenvalue weighted by atomic mass is 10.1. The van der Waals surface area contributed by atoms with Crippen molar-refractivity contribution >= 4 is 17.6 Å². The molecular formula is C18H27N5. The first-order valence-corrected chi connectivity index (χ1v) is 8.39. The molecule has 2 N–H and O–H groups in total. The van der Waals surface area contributed by atoms with Crippen LogP contribution in [0.25, 0.3) is 0 Å². The Morgan fingerprint density at radius 1 is 0.957 bits per heavy atom. The second-order valence-corrected chi connectivity index (χ2v) is 6.06. The highest BCUT2D eigenvalue weighted by Gasteiger charge is 2.08. The van der Waals surface area contributed by atoms with Crippen molar-refractivity contribution in [1.29, 1.82) is 0 Å². The van der Waals surface area contributed by atoms with Crippen LogP contribution in [0.3, 0.4) is 0 Å². The van der Waals surface area contributed by atoms with Crippen LogP contribution in [0.15, 0.2) is 24.3 Å². The van der Waals surface area contributed by atoms with E-state index < -0.39 is 0 Å². The highest BCUT2D eigenvalue weighted by atomic mass is 15.2. The summed E-state index contributed by atoms with van der Waals surface area (Å²) < 4.78 is 0. The molecule has 0 amide bonds. The Hall–Kier alpha value is -2.17. The maximum Gasteiger partial charge on any atom is 0.232 e. The van der Waals surface area contributed by atoms with Gasteiger partial charge >= 0.3 is 0 Å². The smallest absolute Gasteiger partial charge is 0.232 e. The number of unbranched alkanes of at least 4 members (excludes halogenated alkanes) is 2. The molecule has 0 aliphatic carbocycles. The first-order chi connectivity index (χ1) is 11.1. The van der Waals surface area contributed by atoms with Gasteiger partial charge < -0.3 is 10.6 Å². The van der Waals surface area contributed by atoms with Crippen LogP contribution in [-0.2, 0) is 0 Å². The van der Waals surface area contributed by atoms with E-state index in [2.05, 4.69) is 58.5 Å². The minimum absolute atomic E-state index is 0.357. The standard InChI is InChI=1S/C18H27N5/c1-5-6-7-8-14(3)19-17-20-15(4)21-18(23-17)22-16-11-9-13(2)10-12-16/h9-12,14H,5-8H2,1-4H3,(H2,19,20,21,22,23). The van der Waals surface area contributed by atoms with Gasteiger partial charge in [0.1, 0.15) is 5.82 Å². The predicted octanol–water partition coefficient (Wildman–Crippen LogP) is 4.61. The third kappa shape index (κ3) is 5.85. The molecular weight excluding hydrogens is 286 g/mol. The number of aromatic nitrogens is 3. The van der Waals surface area contributed by atoms with Crippen LogP contribution in [0.1, 0.15) is 50.9 Å². The number of nitrogens with zero attached hydrogens (tertiary/aromatic N) is 3. The molecule has 0 spiro atoms. The molecule has 0 bridgehead atoms. The SMILES string of the molecule is CCCCCC(C)Nc1nc(C)nc(Nc2ccc(C)cc2)n1. The van der Waals surface area contributed by atoms with E-state index in [4.69, 9.17) is 0 Å². The molecule has 1 heterocycles. The molecule has 2 aromatic rings. The summed E-state index contributed by atoms with van der Waals surface area (Å²) >= 11 is 0. The molecule has 1 atom stereocenters. The van der Waals surface area contributed by atoms with Gasteiger partial charge in [0.05, 0.1) is 0 Å². The van der Waals surface area contributed by atoms with E-state index in [0.29, 0.717) is 23.8 Å². The molecule has 0 aliphatic rings. The van der Waals surface area contributed by atoms with Gasteiger partial charge in [-0.25, -0.2) is 0 Å². The summed E-state index contributed by atoms with van der Waals surface area (Å²) in [5.41, 5.74) is 2.20. The van der Waals surface area contributed by atoms with Crippen molar-refractivity contribution in [2.75, 3.05) is 10.6 Å². The Labute approximate surface area is 139 Å². The van der Waals surface area contributed by atoms with E-state index in [1.807, 2.05) is 19.1 Å². The summed E-state index contributed by atoms with van der Waals surface area (Å²) in [6, 6.07) is 8.52. The Morgan fingerprint density at radius 2 is 1.65 bits per heavy atom. The molecule has 1 unspecified atom stereocenters. The number of rotatable bonds is 8. The summed E-state index contributed by atoms with van der Waals surface area (Å²) in [5.74, 6) is 1.92. The van der Waals surface area contributed by atoms with Gasteiger partial charge in [0.25, 0.3) is 0 Å². The van der Waals surface area contributed by atoms with Crippen molar-refractivity contribution in [2.45, 2.75) is 59.4 Å². The zero-order valence-corrected chi connectivity index (χ0v) is 14.6. The number of nitrogens with one attached hydrogen (secondary N) is 2. The van der Waals surface area contributed by atoms with Gasteiger partial charge in [0.2, 0.25) is 11.9 Å². The molecule has 124 valence electrons. The van der Waals surface area contributed by atoms with Gasteiger partial charge in [-0.1, -0.05) is 43.9 Å². The lowest BCUT2D eigenvalue weighted by molar-refractivity contribution is 0.611. The lowest BCUT2D eigenvalue weighted by Gasteiger charge is -2.14. The summed E-state index contributed by atoms with van der Waals surface area (Å²) in [5, 5.41) is 6.61. The Morgan fingerprint density at radius 3 is 2.35 bits per heavy atom. The van der Waals surface area contributed by atoms with Gasteiger partial charge in [-0.05, 0) is 39.3 Å². The average Bonchev–Trinajstić information content (AvgIpc) is 2.49. The Kier molecular flexibility index (Phi) is 6.32. The molecule has 1 aromatic heterocycles. The summed E-state index contributed by atoms with van der Waals surface area (Å²) in [4.78, 5) is 13.2. The number of hydrogen-bond acceptors (Lipinski definition) is 5. The summed E-state index contributed by atoms with van der Waals surface area (Å²) in [7, 11) is 0. The summed E-state index contributed by atoms with van der Waals surface area (Å²) in [6.07, 6.45) is 4.85. The normalized spacial score (nSPS) is 12.0. The van der Waals surface area contributed by atoms with Crippen molar-refractivity contribution < 1.29 is 0 Å². The highest BCUT2D eigenvalue weighted by molar-refractivity contribution is 5.54. The quantitative estimate of drug-likeness (QED) is 0.697. The summed E-state index contributed by atoms with van der Waals surface area (Å²) in [6.45, 7) is 8.34. The van der Waals surface area contributed by atoms with Gasteiger partial charge in [-0.15, -0.1) is 0 Å². The second kappa shape index (κ2) is 8.46. The van der Waals surface area contributed by atoms with Crippen LogP contribution in [0.4, 0.5) is 17.6 Å². The van der Waals surface area contributed by atoms with Gasteiger partial charge in [0.15, 0.2) is 0 Å². The third-order valence-electron chi connectivity index (χ3n) is 3.67. The first kappa shape index (κ1) is 17.2. The number of aryl methyl sites for hydroxylation is 2. The maximum absolute atomic E-state index is 4.48. The maximum atomic E-state index is 4.48. The lowest BCUT2D eigenvalue weighted by Crippen LogP contribution is -2.18. The van der Waals surface area contributed by atoms with Crippen molar-refractivity contribution in [3.63, 3.8) is 0 Å². The Bertz CT molecular complexity index is 609. The van der Waals surface area contributed by atoms with Crippen LogP contribution in [-0.4, -0.2) is 21.0 Å². The molecule has 0 fully saturated rings. The van der Waals surface area contributed by atoms with Crippen LogP contribution in [0.2, 0.25) is 0 Å². The molecule has 0 radical (unpaired) electrons. The van der Waals surface area contributed by atoms with Gasteiger partial charge in [0, 0.05) is 11.7 Å². The molecule has 0 saturated carbocycles. The molecule has 1 aromatic carbocycles. The van der Waals surface area contributed by atoms with Crippen molar-refractivity contribution in [3.8, 4) is 0 Å². The second-order valence-electron chi connectivity index (χ2n) is 6.06. The van der Waals surface area contributed by atoms with Crippen LogP contribution in [0.5, 0.6) is 0 Å². The van der Waals surface area contributed by atoms with Crippen LogP contribution < -0.4 is 10.6 Å². The molecule has 23 heavy (non-hydrogen) atoms. The van der Waals surface area contributed by atoms with Crippen molar-refractivity contribution in [3.05, 3.63) is 35.7 Å². The first-order valence-electron chi connectivity index (χ1n) is 8.39. The van der Waals surface area contributed by atoms with Gasteiger partial charge in [-0.2, -0.15) is 15.0 Å². The third-order valence-corrected chi connectivity index (χ3v) is 3.67. The molecule has 5 heteroatoms. The minimum atomic E-state index is 0.357.